The van der Waals surface area contributed by atoms with E-state index < -0.39 is 6.09 Å². The lowest BCUT2D eigenvalue weighted by atomic mass is 10.0. The van der Waals surface area contributed by atoms with Gasteiger partial charge in [-0.2, -0.15) is 0 Å². The molecule has 2 amide bonds. The molecule has 6 nitrogen and oxygen atoms in total. The number of ketones is 1. The highest BCUT2D eigenvalue weighted by Gasteiger charge is 2.32. The zero-order chi connectivity index (χ0) is 16.4. The van der Waals surface area contributed by atoms with Gasteiger partial charge in [0.15, 0.2) is 0 Å². The number of nitrogens with zero attached hydrogens (tertiary/aromatic N) is 1. The first kappa shape index (κ1) is 15.5. The maximum atomic E-state index is 12.1. The van der Waals surface area contributed by atoms with Crippen LogP contribution in [0.25, 0.3) is 0 Å². The molecule has 0 radical (unpaired) electrons. The summed E-state index contributed by atoms with van der Waals surface area (Å²) in [5, 5.41) is 2.66. The number of hydrogen-bond donors (Lipinski definition) is 1. The van der Waals surface area contributed by atoms with Crippen molar-refractivity contribution in [3.8, 4) is 0 Å². The van der Waals surface area contributed by atoms with Crippen LogP contribution in [0, 0.1) is 0 Å². The third kappa shape index (κ3) is 3.52. The van der Waals surface area contributed by atoms with Gasteiger partial charge in [0.1, 0.15) is 11.9 Å². The first-order chi connectivity index (χ1) is 11.0. The number of nitrogens with one attached hydrogen (secondary N) is 1. The Morgan fingerprint density at radius 1 is 1.22 bits per heavy atom. The molecule has 1 N–H and O–H groups in total. The number of carbonyl (C=O) groups is 3. The fraction of sp³-hybridized carbons (Fsp3) is 0.471. The summed E-state index contributed by atoms with van der Waals surface area (Å²) in [6.07, 6.45) is 1.91. The van der Waals surface area contributed by atoms with Gasteiger partial charge in [-0.3, -0.25) is 14.5 Å². The Balaban J connectivity index is 1.73. The Kier molecular flexibility index (Phi) is 4.32. The van der Waals surface area contributed by atoms with E-state index in [4.69, 9.17) is 4.74 Å². The normalized spacial score (nSPS) is 20.7. The first-order valence-electron chi connectivity index (χ1n) is 7.89. The van der Waals surface area contributed by atoms with E-state index in [0.717, 1.165) is 24.1 Å². The standard InChI is InChI=1S/C17H20N2O4/c1-11(20)18-9-16-10-19(17(22)23-16)14-5-2-12-3-6-15(21)7-4-13(12)8-14/h2,5,8,16H,3-4,6-7,9-10H2,1H3,(H,18,20). The van der Waals surface area contributed by atoms with Crippen molar-refractivity contribution in [3.63, 3.8) is 0 Å². The molecule has 122 valence electrons. The second-order valence-corrected chi connectivity index (χ2v) is 6.05. The van der Waals surface area contributed by atoms with Crippen LogP contribution in [-0.2, 0) is 27.2 Å². The molecular formula is C17H20N2O4. The number of fused-ring (bicyclic) bond motifs is 1. The van der Waals surface area contributed by atoms with Crippen LogP contribution >= 0.6 is 0 Å². The molecular weight excluding hydrogens is 296 g/mol. The van der Waals surface area contributed by atoms with Crippen LogP contribution in [0.4, 0.5) is 10.5 Å². The van der Waals surface area contributed by atoms with E-state index in [9.17, 15) is 14.4 Å². The van der Waals surface area contributed by atoms with Crippen molar-refractivity contribution in [2.75, 3.05) is 18.0 Å². The van der Waals surface area contributed by atoms with Crippen LogP contribution in [0.15, 0.2) is 18.2 Å². The zero-order valence-electron chi connectivity index (χ0n) is 13.1. The third-order valence-corrected chi connectivity index (χ3v) is 4.30. The van der Waals surface area contributed by atoms with Crippen molar-refractivity contribution in [1.82, 2.24) is 5.32 Å². The molecule has 2 aliphatic rings. The molecule has 1 atom stereocenters. The number of ether oxygens (including phenoxy) is 1. The lowest BCUT2D eigenvalue weighted by Crippen LogP contribution is -2.33. The Morgan fingerprint density at radius 3 is 2.70 bits per heavy atom. The molecule has 0 bridgehead atoms. The fourth-order valence-corrected chi connectivity index (χ4v) is 3.03. The second kappa shape index (κ2) is 6.40. The zero-order valence-corrected chi connectivity index (χ0v) is 13.1. The summed E-state index contributed by atoms with van der Waals surface area (Å²) >= 11 is 0. The molecule has 0 spiro atoms. The van der Waals surface area contributed by atoms with E-state index in [1.54, 1.807) is 4.90 Å². The highest BCUT2D eigenvalue weighted by Crippen LogP contribution is 2.27. The monoisotopic (exact) mass is 316 g/mol. The van der Waals surface area contributed by atoms with Gasteiger partial charge in [0, 0.05) is 25.5 Å². The Hall–Kier alpha value is -2.37. The van der Waals surface area contributed by atoms with Gasteiger partial charge in [-0.25, -0.2) is 4.79 Å². The lowest BCUT2D eigenvalue weighted by molar-refractivity contribution is -0.119. The Labute approximate surface area is 134 Å². The van der Waals surface area contributed by atoms with Crippen LogP contribution in [0.5, 0.6) is 0 Å². The van der Waals surface area contributed by atoms with Crippen LogP contribution < -0.4 is 10.2 Å². The van der Waals surface area contributed by atoms with Crippen LogP contribution in [0.1, 0.15) is 30.9 Å². The third-order valence-electron chi connectivity index (χ3n) is 4.30. The molecule has 1 aromatic rings. The molecule has 3 rings (SSSR count). The number of carbonyl (C=O) groups excluding carboxylic acids is 3. The smallest absolute Gasteiger partial charge is 0.414 e. The molecule has 0 saturated carbocycles. The molecule has 1 aliphatic carbocycles. The minimum absolute atomic E-state index is 0.144. The highest BCUT2D eigenvalue weighted by molar-refractivity contribution is 5.90. The lowest BCUT2D eigenvalue weighted by Gasteiger charge is -2.16. The van der Waals surface area contributed by atoms with E-state index in [0.29, 0.717) is 31.7 Å². The van der Waals surface area contributed by atoms with Gasteiger partial charge >= 0.3 is 6.09 Å². The Bertz CT molecular complexity index is 656. The van der Waals surface area contributed by atoms with E-state index in [1.165, 1.54) is 12.5 Å². The largest absolute Gasteiger partial charge is 0.442 e. The van der Waals surface area contributed by atoms with Gasteiger partial charge in [-0.05, 0) is 36.1 Å². The molecule has 1 heterocycles. The van der Waals surface area contributed by atoms with E-state index >= 15 is 0 Å². The number of benzene rings is 1. The predicted octanol–water partition coefficient (Wildman–Crippen LogP) is 1.60. The number of cyclic esters (lactones) is 1. The summed E-state index contributed by atoms with van der Waals surface area (Å²) in [6, 6.07) is 5.88. The topological polar surface area (TPSA) is 75.7 Å². The van der Waals surface area contributed by atoms with Gasteiger partial charge in [0.25, 0.3) is 0 Å². The number of amides is 2. The molecule has 23 heavy (non-hydrogen) atoms. The maximum Gasteiger partial charge on any atom is 0.414 e. The molecule has 6 heteroatoms. The number of Topliss-reactive ketones (excluding diaryl/α,β-unsaturated/α-hetero) is 1. The minimum Gasteiger partial charge on any atom is -0.442 e. The van der Waals surface area contributed by atoms with Gasteiger partial charge < -0.3 is 10.1 Å². The molecule has 1 unspecified atom stereocenters. The van der Waals surface area contributed by atoms with Crippen molar-refractivity contribution in [2.45, 2.75) is 38.7 Å². The Morgan fingerprint density at radius 2 is 1.96 bits per heavy atom. The SMILES string of the molecule is CC(=O)NCC1CN(c2ccc3c(c2)CCC(=O)CC3)C(=O)O1. The first-order valence-corrected chi connectivity index (χ1v) is 7.89. The second-order valence-electron chi connectivity index (χ2n) is 6.05. The predicted molar refractivity (Wildman–Crippen MR) is 84.4 cm³/mol. The van der Waals surface area contributed by atoms with E-state index in [2.05, 4.69) is 5.32 Å². The van der Waals surface area contributed by atoms with Gasteiger partial charge in [0.05, 0.1) is 13.1 Å². The van der Waals surface area contributed by atoms with Gasteiger partial charge in [0.2, 0.25) is 5.91 Å². The van der Waals surface area contributed by atoms with Gasteiger partial charge in [-0.15, -0.1) is 0 Å². The van der Waals surface area contributed by atoms with Crippen molar-refractivity contribution < 1.29 is 19.1 Å². The highest BCUT2D eigenvalue weighted by atomic mass is 16.6. The van der Waals surface area contributed by atoms with Gasteiger partial charge in [-0.1, -0.05) is 6.07 Å². The molecule has 0 aromatic heterocycles. The molecule has 1 saturated heterocycles. The quantitative estimate of drug-likeness (QED) is 0.859. The van der Waals surface area contributed by atoms with Crippen LogP contribution in [-0.4, -0.2) is 37.0 Å². The van der Waals surface area contributed by atoms with Crippen molar-refractivity contribution in [3.05, 3.63) is 29.3 Å². The van der Waals surface area contributed by atoms with Crippen LogP contribution in [0.2, 0.25) is 0 Å². The fourth-order valence-electron chi connectivity index (χ4n) is 3.03. The van der Waals surface area contributed by atoms with Crippen molar-refractivity contribution in [1.29, 1.82) is 0 Å². The van der Waals surface area contributed by atoms with Crippen molar-refractivity contribution in [2.24, 2.45) is 0 Å². The summed E-state index contributed by atoms with van der Waals surface area (Å²) in [5.74, 6) is 0.146. The average molecular weight is 316 g/mol. The van der Waals surface area contributed by atoms with Crippen LogP contribution in [0.3, 0.4) is 0 Å². The summed E-state index contributed by atoms with van der Waals surface area (Å²) < 4.78 is 5.28. The van der Waals surface area contributed by atoms with Crippen molar-refractivity contribution >= 4 is 23.5 Å². The maximum absolute atomic E-state index is 12.1. The number of aryl methyl sites for hydroxylation is 2. The molecule has 1 aromatic carbocycles. The summed E-state index contributed by atoms with van der Waals surface area (Å²) in [5.41, 5.74) is 3.10. The number of hydrogen-bond acceptors (Lipinski definition) is 4. The number of rotatable bonds is 3. The molecule has 1 fully saturated rings. The minimum atomic E-state index is -0.398. The average Bonchev–Trinajstić information content (AvgIpc) is 2.79. The number of anilines is 1. The summed E-state index contributed by atoms with van der Waals surface area (Å²) in [4.78, 5) is 36.2. The van der Waals surface area contributed by atoms with E-state index in [-0.39, 0.29) is 12.0 Å². The summed E-state index contributed by atoms with van der Waals surface area (Å²) in [6.45, 7) is 2.16. The molecule has 1 aliphatic heterocycles. The van der Waals surface area contributed by atoms with E-state index in [1.807, 2.05) is 18.2 Å². The summed E-state index contributed by atoms with van der Waals surface area (Å²) in [7, 11) is 0.